The highest BCUT2D eigenvalue weighted by Crippen LogP contribution is 2.40. The van der Waals surface area contributed by atoms with Gasteiger partial charge in [-0.15, -0.1) is 0 Å². The van der Waals surface area contributed by atoms with Crippen molar-refractivity contribution in [2.24, 2.45) is 17.3 Å². The van der Waals surface area contributed by atoms with Crippen LogP contribution in [0.4, 0.5) is 5.69 Å². The summed E-state index contributed by atoms with van der Waals surface area (Å²) in [5.41, 5.74) is 0.861. The molecule has 1 saturated carbocycles. The summed E-state index contributed by atoms with van der Waals surface area (Å²) in [5.74, 6) is 1.17. The number of rotatable bonds is 4. The molecule has 0 bridgehead atoms. The number of carbonyl (C=O) groups excluding carboxylic acids is 2. The maximum absolute atomic E-state index is 12.2. The number of esters is 1. The zero-order valence-corrected chi connectivity index (χ0v) is 15.7. The minimum atomic E-state index is -0.361. The van der Waals surface area contributed by atoms with Gasteiger partial charge in [0.05, 0.1) is 5.92 Å². The van der Waals surface area contributed by atoms with E-state index in [0.29, 0.717) is 23.1 Å². The summed E-state index contributed by atoms with van der Waals surface area (Å²) in [7, 11) is 0. The van der Waals surface area contributed by atoms with Crippen LogP contribution in [0.1, 0.15) is 46.5 Å². The Morgan fingerprint density at radius 1 is 1.12 bits per heavy atom. The third kappa shape index (κ3) is 4.48. The highest BCUT2D eigenvalue weighted by atomic mass is 16.7. The van der Waals surface area contributed by atoms with Crippen molar-refractivity contribution in [2.75, 3.05) is 18.7 Å². The van der Waals surface area contributed by atoms with Crippen LogP contribution in [0, 0.1) is 17.3 Å². The zero-order chi connectivity index (χ0) is 18.7. The molecular weight excluding hydrogens is 334 g/mol. The first-order chi connectivity index (χ1) is 12.3. The summed E-state index contributed by atoms with van der Waals surface area (Å²) in [5, 5.41) is 2.71. The summed E-state index contributed by atoms with van der Waals surface area (Å²) in [6, 6.07) is 5.15. The third-order valence-electron chi connectivity index (χ3n) is 5.29. The molecule has 0 aromatic heterocycles. The quantitative estimate of drug-likeness (QED) is 0.827. The first-order valence-corrected chi connectivity index (χ1v) is 9.19. The van der Waals surface area contributed by atoms with Crippen molar-refractivity contribution >= 4 is 17.6 Å². The van der Waals surface area contributed by atoms with Crippen molar-refractivity contribution in [3.63, 3.8) is 0 Å². The van der Waals surface area contributed by atoms with Gasteiger partial charge in [0.15, 0.2) is 18.1 Å². The van der Waals surface area contributed by atoms with Gasteiger partial charge in [0.1, 0.15) is 0 Å². The molecule has 2 aliphatic rings. The van der Waals surface area contributed by atoms with E-state index in [0.717, 1.165) is 25.7 Å². The van der Waals surface area contributed by atoms with Gasteiger partial charge in [0, 0.05) is 11.8 Å². The number of hydrogen-bond donors (Lipinski definition) is 1. The molecule has 1 fully saturated rings. The van der Waals surface area contributed by atoms with Gasteiger partial charge in [-0.2, -0.15) is 0 Å². The molecule has 1 N–H and O–H groups in total. The van der Waals surface area contributed by atoms with Crippen LogP contribution in [0.2, 0.25) is 0 Å². The molecule has 142 valence electrons. The van der Waals surface area contributed by atoms with Crippen LogP contribution < -0.4 is 14.8 Å². The molecular formula is C20H27NO5. The molecule has 6 heteroatoms. The fourth-order valence-corrected chi connectivity index (χ4v) is 3.62. The summed E-state index contributed by atoms with van der Waals surface area (Å²) in [6.07, 6.45) is 3.74. The fourth-order valence-electron chi connectivity index (χ4n) is 3.62. The molecule has 0 unspecified atom stereocenters. The van der Waals surface area contributed by atoms with Gasteiger partial charge in [-0.1, -0.05) is 20.8 Å². The van der Waals surface area contributed by atoms with Gasteiger partial charge < -0.3 is 19.5 Å². The lowest BCUT2D eigenvalue weighted by Crippen LogP contribution is -2.31. The van der Waals surface area contributed by atoms with Gasteiger partial charge in [-0.25, -0.2) is 0 Å². The maximum atomic E-state index is 12.2. The summed E-state index contributed by atoms with van der Waals surface area (Å²) in [4.78, 5) is 24.2. The topological polar surface area (TPSA) is 73.9 Å². The summed E-state index contributed by atoms with van der Waals surface area (Å²) < 4.78 is 15.7. The number of carbonyl (C=O) groups is 2. The minimum Gasteiger partial charge on any atom is -0.455 e. The molecule has 26 heavy (non-hydrogen) atoms. The number of nitrogens with one attached hydrogen (secondary N) is 1. The van der Waals surface area contributed by atoms with Crippen LogP contribution in [0.3, 0.4) is 0 Å². The second kappa shape index (κ2) is 7.56. The average molecular weight is 361 g/mol. The van der Waals surface area contributed by atoms with Gasteiger partial charge >= 0.3 is 5.97 Å². The first-order valence-electron chi connectivity index (χ1n) is 9.19. The maximum Gasteiger partial charge on any atom is 0.309 e. The number of anilines is 1. The van der Waals surface area contributed by atoms with Gasteiger partial charge in [-0.3, -0.25) is 9.59 Å². The molecule has 0 radical (unpaired) electrons. The first kappa shape index (κ1) is 18.5. The molecule has 3 rings (SSSR count). The Morgan fingerprint density at radius 3 is 2.50 bits per heavy atom. The zero-order valence-electron chi connectivity index (χ0n) is 15.7. The van der Waals surface area contributed by atoms with Crippen molar-refractivity contribution in [3.8, 4) is 11.5 Å². The van der Waals surface area contributed by atoms with E-state index in [1.165, 1.54) is 0 Å². The molecule has 1 aromatic carbocycles. The van der Waals surface area contributed by atoms with Crippen molar-refractivity contribution in [2.45, 2.75) is 46.5 Å². The van der Waals surface area contributed by atoms with Crippen LogP contribution in [0.5, 0.6) is 11.5 Å². The standard InChI is InChI=1S/C20H27NO5/c1-20(2,3)14-6-4-13(5-7-14)19(23)24-11-18(22)21-15-8-9-16-17(10-15)26-12-25-16/h8-10,13-14H,4-7,11-12H2,1-3H3,(H,21,22). The van der Waals surface area contributed by atoms with E-state index >= 15 is 0 Å². The van der Waals surface area contributed by atoms with E-state index in [4.69, 9.17) is 14.2 Å². The molecule has 0 saturated heterocycles. The molecule has 6 nitrogen and oxygen atoms in total. The van der Waals surface area contributed by atoms with Crippen molar-refractivity contribution < 1.29 is 23.8 Å². The molecule has 0 atom stereocenters. The normalized spacial score (nSPS) is 22.0. The molecule has 0 spiro atoms. The van der Waals surface area contributed by atoms with E-state index in [9.17, 15) is 9.59 Å². The predicted molar refractivity (Wildman–Crippen MR) is 97.1 cm³/mol. The van der Waals surface area contributed by atoms with E-state index < -0.39 is 0 Å². The second-order valence-corrected chi connectivity index (χ2v) is 8.14. The minimum absolute atomic E-state index is 0.0908. The Kier molecular flexibility index (Phi) is 5.39. The fraction of sp³-hybridized carbons (Fsp3) is 0.600. The van der Waals surface area contributed by atoms with Gasteiger partial charge in [-0.05, 0) is 49.1 Å². The van der Waals surface area contributed by atoms with Gasteiger partial charge in [0.25, 0.3) is 5.91 Å². The molecule has 1 amide bonds. The lowest BCUT2D eigenvalue weighted by atomic mass is 9.70. The number of ether oxygens (including phenoxy) is 3. The van der Waals surface area contributed by atoms with Crippen molar-refractivity contribution in [3.05, 3.63) is 18.2 Å². The van der Waals surface area contributed by atoms with Crippen LogP contribution >= 0.6 is 0 Å². The van der Waals surface area contributed by atoms with Crippen LogP contribution in [0.15, 0.2) is 18.2 Å². The molecule has 1 aliphatic heterocycles. The second-order valence-electron chi connectivity index (χ2n) is 8.14. The van der Waals surface area contributed by atoms with Crippen LogP contribution in [-0.2, 0) is 14.3 Å². The molecule has 1 aromatic rings. The lowest BCUT2D eigenvalue weighted by Gasteiger charge is -2.36. The highest BCUT2D eigenvalue weighted by Gasteiger charge is 2.33. The highest BCUT2D eigenvalue weighted by molar-refractivity contribution is 5.93. The van der Waals surface area contributed by atoms with E-state index in [1.54, 1.807) is 18.2 Å². The monoisotopic (exact) mass is 361 g/mol. The SMILES string of the molecule is CC(C)(C)C1CCC(C(=O)OCC(=O)Nc2ccc3c(c2)OCO3)CC1. The average Bonchev–Trinajstić information content (AvgIpc) is 3.07. The number of fused-ring (bicyclic) bond motifs is 1. The smallest absolute Gasteiger partial charge is 0.309 e. The largest absolute Gasteiger partial charge is 0.455 e. The Balaban J connectivity index is 1.42. The summed E-state index contributed by atoms with van der Waals surface area (Å²) in [6.45, 7) is 6.65. The van der Waals surface area contributed by atoms with Crippen molar-refractivity contribution in [1.82, 2.24) is 0 Å². The van der Waals surface area contributed by atoms with Crippen LogP contribution in [-0.4, -0.2) is 25.3 Å². The number of hydrogen-bond acceptors (Lipinski definition) is 5. The third-order valence-corrected chi connectivity index (χ3v) is 5.29. The molecule has 1 aliphatic carbocycles. The molecule has 1 heterocycles. The number of amides is 1. The predicted octanol–water partition coefficient (Wildman–Crippen LogP) is 3.75. The van der Waals surface area contributed by atoms with E-state index in [1.807, 2.05) is 0 Å². The van der Waals surface area contributed by atoms with E-state index in [2.05, 4.69) is 26.1 Å². The Labute approximate surface area is 154 Å². The van der Waals surface area contributed by atoms with Crippen molar-refractivity contribution in [1.29, 1.82) is 0 Å². The van der Waals surface area contributed by atoms with Gasteiger partial charge in [0.2, 0.25) is 6.79 Å². The number of benzene rings is 1. The summed E-state index contributed by atoms with van der Waals surface area (Å²) >= 11 is 0. The Bertz CT molecular complexity index is 671. The van der Waals surface area contributed by atoms with E-state index in [-0.39, 0.29) is 36.6 Å². The lowest BCUT2D eigenvalue weighted by molar-refractivity contribution is -0.153. The van der Waals surface area contributed by atoms with Crippen LogP contribution in [0.25, 0.3) is 0 Å². The Morgan fingerprint density at radius 2 is 1.81 bits per heavy atom. The Hall–Kier alpha value is -2.24.